The van der Waals surface area contributed by atoms with Crippen molar-refractivity contribution in [3.05, 3.63) is 83.6 Å². The molecule has 5 atom stereocenters. The van der Waals surface area contributed by atoms with Gasteiger partial charge >= 0.3 is 13.6 Å². The Balaban J connectivity index is 1.22. The number of aliphatic carboxylic acids is 1. The molecule has 13 heteroatoms. The third-order valence-corrected chi connectivity index (χ3v) is 10.9. The number of benzene rings is 3. The maximum absolute atomic E-state index is 13.6. The molecule has 4 aromatic rings. The molecule has 0 saturated carbocycles. The van der Waals surface area contributed by atoms with Crippen LogP contribution in [0.4, 0.5) is 0 Å². The van der Waals surface area contributed by atoms with E-state index in [4.69, 9.17) is 0 Å². The van der Waals surface area contributed by atoms with Crippen molar-refractivity contribution in [2.75, 3.05) is 6.54 Å². The second-order valence-electron chi connectivity index (χ2n) is 13.3. The van der Waals surface area contributed by atoms with Crippen molar-refractivity contribution in [3.63, 3.8) is 0 Å². The molecule has 1 aromatic heterocycles. The van der Waals surface area contributed by atoms with Crippen molar-refractivity contribution in [2.24, 2.45) is 17.8 Å². The molecule has 12 nitrogen and oxygen atoms in total. The third kappa shape index (κ3) is 6.53. The maximum Gasteiger partial charge on any atom is 0.342 e. The number of hydrogen-bond donors (Lipinski definition) is 6. The molecule has 3 aromatic carbocycles. The van der Waals surface area contributed by atoms with E-state index < -0.39 is 55.1 Å². The van der Waals surface area contributed by atoms with Crippen LogP contribution in [-0.2, 0) is 20.6 Å². The first-order chi connectivity index (χ1) is 22.8. The first-order valence-electron chi connectivity index (χ1n) is 16.1. The summed E-state index contributed by atoms with van der Waals surface area (Å²) >= 11 is 0. The van der Waals surface area contributed by atoms with Crippen LogP contribution in [0, 0.1) is 17.8 Å². The molecule has 48 heavy (non-hydrogen) atoms. The van der Waals surface area contributed by atoms with E-state index in [1.54, 1.807) is 30.5 Å². The van der Waals surface area contributed by atoms with Gasteiger partial charge in [-0.1, -0.05) is 56.3 Å². The minimum Gasteiger partial charge on any atom is -0.480 e. The summed E-state index contributed by atoms with van der Waals surface area (Å²) in [6, 6.07) is 15.6. The van der Waals surface area contributed by atoms with E-state index in [9.17, 15) is 38.6 Å². The van der Waals surface area contributed by atoms with Gasteiger partial charge in [-0.2, -0.15) is 0 Å². The highest BCUT2D eigenvalue weighted by Crippen LogP contribution is 2.50. The Morgan fingerprint density at radius 3 is 2.29 bits per heavy atom. The SMILES string of the molecule is CC(C)C[C@H]1C[C@H](C(=O)N[C@@H](Cc2c[nH]c3ccccc23)C(=O)O)N[C@H](P(=O)(O)O)[C@@H]1CCN1C(=O)c2cccc3cccc(c23)C1=O. The van der Waals surface area contributed by atoms with Gasteiger partial charge < -0.3 is 25.2 Å². The first-order valence-corrected chi connectivity index (χ1v) is 17.8. The standard InChI is InChI=1S/C35H39N4O8P/c1-19(2)15-21-16-28(31(40)37-29(35(43)44)17-22-18-36-27-12-4-3-9-23(22)27)38-32(48(45,46)47)24(21)13-14-39-33(41)25-10-5-7-20-8-6-11-26(30(20)25)34(39)42/h3-12,18-19,21,24,28-29,32,36,38H,13-17H2,1-2H3,(H,37,40)(H,43,44)(H2,45,46,47)/t21-,24+,28+,29-,32+/m0/s1. The molecule has 0 spiro atoms. The molecule has 0 unspecified atom stereocenters. The van der Waals surface area contributed by atoms with E-state index in [-0.39, 0.29) is 37.6 Å². The number of para-hydroxylation sites is 1. The fraction of sp³-hybridized carbons (Fsp3) is 0.371. The van der Waals surface area contributed by atoms with Crippen LogP contribution in [0.1, 0.15) is 59.4 Å². The van der Waals surface area contributed by atoms with Gasteiger partial charge in [-0.05, 0) is 66.2 Å². The number of aromatic amines is 1. The smallest absolute Gasteiger partial charge is 0.342 e. The second-order valence-corrected chi connectivity index (χ2v) is 15.0. The van der Waals surface area contributed by atoms with Gasteiger partial charge in [-0.3, -0.25) is 29.2 Å². The van der Waals surface area contributed by atoms with Crippen LogP contribution in [0.2, 0.25) is 0 Å². The molecule has 0 aliphatic carbocycles. The Morgan fingerprint density at radius 2 is 1.67 bits per heavy atom. The lowest BCUT2D eigenvalue weighted by molar-refractivity contribution is -0.142. The predicted octanol–water partition coefficient (Wildman–Crippen LogP) is 4.26. The van der Waals surface area contributed by atoms with Gasteiger partial charge in [0.15, 0.2) is 0 Å². The zero-order valence-electron chi connectivity index (χ0n) is 26.6. The van der Waals surface area contributed by atoms with Crippen molar-refractivity contribution in [1.82, 2.24) is 20.5 Å². The second kappa shape index (κ2) is 13.3. The molecule has 2 aliphatic heterocycles. The minimum atomic E-state index is -4.87. The Bertz CT molecular complexity index is 1900. The van der Waals surface area contributed by atoms with Crippen LogP contribution in [-0.4, -0.2) is 72.9 Å². The highest BCUT2D eigenvalue weighted by molar-refractivity contribution is 7.52. The molecule has 0 radical (unpaired) electrons. The summed E-state index contributed by atoms with van der Waals surface area (Å²) in [7, 11) is -4.87. The highest BCUT2D eigenvalue weighted by Gasteiger charge is 2.48. The van der Waals surface area contributed by atoms with Gasteiger partial charge in [0.1, 0.15) is 11.8 Å². The number of nitrogens with one attached hydrogen (secondary N) is 3. The van der Waals surface area contributed by atoms with E-state index in [0.717, 1.165) is 21.2 Å². The van der Waals surface area contributed by atoms with Crippen molar-refractivity contribution < 1.29 is 38.6 Å². The van der Waals surface area contributed by atoms with E-state index in [2.05, 4.69) is 15.6 Å². The minimum absolute atomic E-state index is 0.00646. The predicted molar refractivity (Wildman–Crippen MR) is 179 cm³/mol. The van der Waals surface area contributed by atoms with Crippen LogP contribution in [0.3, 0.4) is 0 Å². The number of hydrogen-bond acceptors (Lipinski definition) is 6. The first kappa shape index (κ1) is 33.5. The molecule has 1 saturated heterocycles. The molecule has 252 valence electrons. The number of imide groups is 1. The zero-order chi connectivity index (χ0) is 34.3. The van der Waals surface area contributed by atoms with Gasteiger partial charge in [0.25, 0.3) is 11.8 Å². The van der Waals surface area contributed by atoms with Gasteiger partial charge in [0.05, 0.1) is 6.04 Å². The topological polar surface area (TPSA) is 189 Å². The number of carboxylic acids is 1. The number of aromatic nitrogens is 1. The maximum atomic E-state index is 13.6. The molecule has 3 heterocycles. The molecule has 3 amide bonds. The van der Waals surface area contributed by atoms with Crippen LogP contribution in [0.15, 0.2) is 66.9 Å². The normalized spacial score (nSPS) is 22.0. The number of rotatable bonds is 11. The lowest BCUT2D eigenvalue weighted by Crippen LogP contribution is -2.59. The summed E-state index contributed by atoms with van der Waals surface area (Å²) in [5.74, 6) is -5.24. The van der Waals surface area contributed by atoms with Gasteiger partial charge in [0.2, 0.25) is 5.91 Å². The summed E-state index contributed by atoms with van der Waals surface area (Å²) < 4.78 is 13.0. The fourth-order valence-corrected chi connectivity index (χ4v) is 8.75. The number of carboxylic acid groups (broad SMARTS) is 1. The number of piperidine rings is 1. The summed E-state index contributed by atoms with van der Waals surface area (Å²) in [6.45, 7) is 3.87. The summed E-state index contributed by atoms with van der Waals surface area (Å²) in [4.78, 5) is 78.3. The fourth-order valence-electron chi connectivity index (χ4n) is 7.49. The number of carbonyl (C=O) groups excluding carboxylic acids is 3. The number of H-pyrrole nitrogens is 1. The van der Waals surface area contributed by atoms with Crippen LogP contribution in [0.25, 0.3) is 21.7 Å². The molecular formula is C35H39N4O8P. The van der Waals surface area contributed by atoms with Crippen molar-refractivity contribution >= 4 is 53.0 Å². The number of amides is 3. The monoisotopic (exact) mass is 674 g/mol. The van der Waals surface area contributed by atoms with Gasteiger partial charge in [0, 0.05) is 46.6 Å². The average Bonchev–Trinajstić information content (AvgIpc) is 3.45. The largest absolute Gasteiger partial charge is 0.480 e. The van der Waals surface area contributed by atoms with Crippen LogP contribution < -0.4 is 10.6 Å². The Morgan fingerprint density at radius 1 is 1.00 bits per heavy atom. The number of nitrogens with zero attached hydrogens (tertiary/aromatic N) is 1. The summed E-state index contributed by atoms with van der Waals surface area (Å²) in [6.07, 6.45) is 2.52. The quantitative estimate of drug-likeness (QED) is 0.0998. The van der Waals surface area contributed by atoms with E-state index in [1.807, 2.05) is 50.2 Å². The third-order valence-electron chi connectivity index (χ3n) is 9.63. The lowest BCUT2D eigenvalue weighted by atomic mass is 9.76. The zero-order valence-corrected chi connectivity index (χ0v) is 27.5. The Kier molecular flexibility index (Phi) is 9.28. The summed E-state index contributed by atoms with van der Waals surface area (Å²) in [5, 5.41) is 17.7. The van der Waals surface area contributed by atoms with Gasteiger partial charge in [-0.25, -0.2) is 4.79 Å². The Hall–Kier alpha value is -4.35. The summed E-state index contributed by atoms with van der Waals surface area (Å²) in [5.41, 5.74) is 2.33. The van der Waals surface area contributed by atoms with E-state index in [1.165, 1.54) is 0 Å². The molecular weight excluding hydrogens is 635 g/mol. The highest BCUT2D eigenvalue weighted by atomic mass is 31.2. The van der Waals surface area contributed by atoms with Crippen molar-refractivity contribution in [2.45, 2.75) is 57.4 Å². The van der Waals surface area contributed by atoms with E-state index >= 15 is 0 Å². The van der Waals surface area contributed by atoms with Crippen LogP contribution in [0.5, 0.6) is 0 Å². The molecule has 6 N–H and O–H groups in total. The molecule has 2 aliphatic rings. The van der Waals surface area contributed by atoms with Gasteiger partial charge in [-0.15, -0.1) is 0 Å². The van der Waals surface area contributed by atoms with Crippen molar-refractivity contribution in [1.29, 1.82) is 0 Å². The molecule has 1 fully saturated rings. The van der Waals surface area contributed by atoms with E-state index in [0.29, 0.717) is 28.5 Å². The van der Waals surface area contributed by atoms with Crippen molar-refractivity contribution in [3.8, 4) is 0 Å². The molecule has 0 bridgehead atoms. The Labute approximate surface area is 277 Å². The average molecular weight is 675 g/mol. The van der Waals surface area contributed by atoms with Crippen LogP contribution >= 0.6 is 7.60 Å². The number of fused-ring (bicyclic) bond motifs is 1. The lowest BCUT2D eigenvalue weighted by Gasteiger charge is -2.44. The number of carbonyl (C=O) groups is 4. The molecule has 6 rings (SSSR count).